The molecule has 0 aromatic heterocycles. The minimum absolute atomic E-state index is 0.0713. The summed E-state index contributed by atoms with van der Waals surface area (Å²) in [6.07, 6.45) is 41.8. The molecule has 0 aromatic carbocycles. The Morgan fingerprint density at radius 3 is 1.04 bits per heavy atom. The number of hydrogen-bond donors (Lipinski definition) is 7. The summed E-state index contributed by atoms with van der Waals surface area (Å²) in [7, 11) is 0. The molecule has 0 saturated carbocycles. The fourth-order valence-corrected chi connectivity index (χ4v) is 11.1. The first-order valence-corrected chi connectivity index (χ1v) is 33.1. The quantitative estimate of drug-likeness (QED) is 0.0223. The van der Waals surface area contributed by atoms with Crippen LogP contribution in [0.1, 0.15) is 303 Å². The van der Waals surface area contributed by atoms with E-state index in [2.05, 4.69) is 13.8 Å². The first-order chi connectivity index (χ1) is 38.1. The van der Waals surface area contributed by atoms with E-state index in [-0.39, 0.29) is 25.6 Å². The molecule has 0 spiro atoms. The molecule has 0 amide bonds. The topological polar surface area (TPSA) is 214 Å². The van der Waals surface area contributed by atoms with Crippen LogP contribution in [0.5, 0.6) is 0 Å². The highest BCUT2D eigenvalue weighted by Crippen LogP contribution is 2.27. The van der Waals surface area contributed by atoms with Crippen LogP contribution in [-0.4, -0.2) is 142 Å². The molecule has 0 bridgehead atoms. The Balaban J connectivity index is 1.64. The summed E-state index contributed by atoms with van der Waals surface area (Å²) in [5.74, 6) is -0.365. The van der Waals surface area contributed by atoms with Gasteiger partial charge in [-0.3, -0.25) is 4.79 Å². The maximum atomic E-state index is 13.1. The van der Waals surface area contributed by atoms with Crippen molar-refractivity contribution in [2.45, 2.75) is 370 Å². The van der Waals surface area contributed by atoms with E-state index >= 15 is 0 Å². The highest BCUT2D eigenvalue weighted by Gasteiger charge is 2.47. The minimum atomic E-state index is -1.70. The Hall–Kier alpha value is -1.01. The normalized spacial score (nSPS) is 24.0. The van der Waals surface area contributed by atoms with Crippen LogP contribution in [0.25, 0.3) is 0 Å². The summed E-state index contributed by atoms with van der Waals surface area (Å²) < 4.78 is 34.5. The third-order valence-corrected chi connectivity index (χ3v) is 16.4. The number of esters is 1. The van der Waals surface area contributed by atoms with Crippen LogP contribution >= 0.6 is 0 Å². The highest BCUT2D eigenvalue weighted by atomic mass is 16.7. The summed E-state index contributed by atoms with van der Waals surface area (Å²) in [4.78, 5) is 13.1. The van der Waals surface area contributed by atoms with Gasteiger partial charge in [0.15, 0.2) is 12.6 Å². The van der Waals surface area contributed by atoms with Gasteiger partial charge in [-0.15, -0.1) is 0 Å². The molecule has 11 unspecified atom stereocenters. The van der Waals surface area contributed by atoms with Crippen LogP contribution in [0, 0.1) is 0 Å². The van der Waals surface area contributed by atoms with Crippen molar-refractivity contribution in [1.29, 1.82) is 0 Å². The second-order valence-corrected chi connectivity index (χ2v) is 23.7. The zero-order valence-corrected chi connectivity index (χ0v) is 50.2. The lowest BCUT2D eigenvalue weighted by molar-refractivity contribution is -0.332. The van der Waals surface area contributed by atoms with E-state index in [1.165, 1.54) is 238 Å². The summed E-state index contributed by atoms with van der Waals surface area (Å²) >= 11 is 0. The van der Waals surface area contributed by atoms with Crippen molar-refractivity contribution in [2.75, 3.05) is 33.0 Å². The van der Waals surface area contributed by atoms with Crippen molar-refractivity contribution in [3.63, 3.8) is 0 Å². The largest absolute Gasteiger partial charge is 0.457 e. The van der Waals surface area contributed by atoms with Crippen molar-refractivity contribution in [1.82, 2.24) is 0 Å². The summed E-state index contributed by atoms with van der Waals surface area (Å²) in [5.41, 5.74) is 0. The average molecular weight is 1120 g/mol. The number of ether oxygens (including phenoxy) is 6. The number of carbonyl (C=O) groups excluding carboxylic acids is 1. The maximum absolute atomic E-state index is 13.1. The third-order valence-electron chi connectivity index (χ3n) is 16.4. The van der Waals surface area contributed by atoms with Gasteiger partial charge < -0.3 is 64.2 Å². The number of rotatable bonds is 56. The molecule has 2 saturated heterocycles. The van der Waals surface area contributed by atoms with E-state index in [1.54, 1.807) is 0 Å². The van der Waals surface area contributed by atoms with Gasteiger partial charge >= 0.3 is 5.97 Å². The molecule has 2 rings (SSSR count). The van der Waals surface area contributed by atoms with Gasteiger partial charge in [0.1, 0.15) is 54.9 Å². The zero-order chi connectivity index (χ0) is 56.5. The van der Waals surface area contributed by atoms with E-state index in [4.69, 9.17) is 28.4 Å². The predicted molar refractivity (Wildman–Crippen MR) is 312 cm³/mol. The Bertz CT molecular complexity index is 1300. The van der Waals surface area contributed by atoms with Gasteiger partial charge in [-0.05, 0) is 12.8 Å². The minimum Gasteiger partial charge on any atom is -0.457 e. The van der Waals surface area contributed by atoms with Gasteiger partial charge in [-0.1, -0.05) is 284 Å². The van der Waals surface area contributed by atoms with Crippen molar-refractivity contribution >= 4 is 5.97 Å². The zero-order valence-electron chi connectivity index (χ0n) is 50.2. The molecule has 0 aliphatic carbocycles. The Morgan fingerprint density at radius 1 is 0.372 bits per heavy atom. The van der Waals surface area contributed by atoms with Gasteiger partial charge in [0.25, 0.3) is 0 Å². The van der Waals surface area contributed by atoms with Crippen molar-refractivity contribution in [3.05, 3.63) is 0 Å². The first-order valence-electron chi connectivity index (χ1n) is 33.1. The number of carbonyl (C=O) groups is 1. The third kappa shape index (κ3) is 37.2. The van der Waals surface area contributed by atoms with Crippen molar-refractivity contribution in [2.24, 2.45) is 0 Å². The molecular formula is C64H124O14. The van der Waals surface area contributed by atoms with Crippen molar-refractivity contribution in [3.8, 4) is 0 Å². The summed E-state index contributed by atoms with van der Waals surface area (Å²) in [6, 6.07) is 0. The molecule has 7 N–H and O–H groups in total. The Labute approximate surface area is 476 Å². The predicted octanol–water partition coefficient (Wildman–Crippen LogP) is 13.1. The molecule has 0 aromatic rings. The summed E-state index contributed by atoms with van der Waals surface area (Å²) in [6.45, 7) is 3.79. The number of unbranched alkanes of at least 4 members (excludes halogenated alkanes) is 42. The van der Waals surface area contributed by atoms with Gasteiger partial charge in [0.05, 0.1) is 26.4 Å². The van der Waals surface area contributed by atoms with E-state index in [0.29, 0.717) is 6.61 Å². The van der Waals surface area contributed by atoms with Crippen molar-refractivity contribution < 1.29 is 69.0 Å². The van der Waals surface area contributed by atoms with E-state index in [1.807, 2.05) is 0 Å². The van der Waals surface area contributed by atoms with Crippen LogP contribution in [-0.2, 0) is 33.2 Å². The molecule has 0 radical (unpaired) electrons. The lowest BCUT2D eigenvalue weighted by Crippen LogP contribution is -2.61. The van der Waals surface area contributed by atoms with Crippen LogP contribution < -0.4 is 0 Å². The molecule has 2 heterocycles. The monoisotopic (exact) mass is 1120 g/mol. The van der Waals surface area contributed by atoms with E-state index in [9.17, 15) is 40.5 Å². The number of hydrogen-bond acceptors (Lipinski definition) is 14. The highest BCUT2D eigenvalue weighted by molar-refractivity contribution is 5.69. The molecule has 14 heteroatoms. The second kappa shape index (κ2) is 51.6. The van der Waals surface area contributed by atoms with Gasteiger partial charge in [0, 0.05) is 13.0 Å². The van der Waals surface area contributed by atoms with Gasteiger partial charge in [-0.25, -0.2) is 0 Å². The standard InChI is InChI=1S/C64H124O14/c1-3-5-7-9-11-13-15-17-19-21-23-24-25-26-27-28-29-31-33-35-37-39-41-43-45-47-56(66)76-53(50-73-48-46-44-42-40-38-36-34-32-30-22-20-18-16-14-12-10-8-6-4-2)51-74-63-62(72)60(70)58(68)55(78-63)52-75-64-61(71)59(69)57(67)54(49-65)77-64/h53-55,57-65,67-72H,3-52H2,1-2H3. The van der Waals surface area contributed by atoms with E-state index < -0.39 is 80.7 Å². The molecule has 78 heavy (non-hydrogen) atoms. The fourth-order valence-electron chi connectivity index (χ4n) is 11.1. The van der Waals surface area contributed by atoms with Crippen LogP contribution in [0.4, 0.5) is 0 Å². The number of aliphatic hydroxyl groups is 7. The molecule has 14 nitrogen and oxygen atoms in total. The number of aliphatic hydroxyl groups excluding tert-OH is 7. The molecule has 2 aliphatic rings. The van der Waals surface area contributed by atoms with Crippen LogP contribution in [0.15, 0.2) is 0 Å². The first kappa shape index (κ1) is 73.1. The SMILES string of the molecule is CCCCCCCCCCCCCCCCCCCCCCCCCCCC(=O)OC(COCCCCCCCCCCCCCCCCCCCCC)COC1OC(COC2OC(CO)C(O)C(O)C2O)C(O)C(O)C1O. The molecule has 2 aliphatic heterocycles. The molecule has 464 valence electrons. The molecule has 11 atom stereocenters. The second-order valence-electron chi connectivity index (χ2n) is 23.7. The summed E-state index contributed by atoms with van der Waals surface area (Å²) in [5, 5.41) is 72.5. The lowest BCUT2D eigenvalue weighted by atomic mass is 9.98. The maximum Gasteiger partial charge on any atom is 0.306 e. The molecular weight excluding hydrogens is 993 g/mol. The average Bonchev–Trinajstić information content (AvgIpc) is 3.44. The lowest BCUT2D eigenvalue weighted by Gasteiger charge is -2.42. The smallest absolute Gasteiger partial charge is 0.306 e. The van der Waals surface area contributed by atoms with Crippen LogP contribution in [0.2, 0.25) is 0 Å². The molecule has 2 fully saturated rings. The van der Waals surface area contributed by atoms with Gasteiger partial charge in [0.2, 0.25) is 0 Å². The van der Waals surface area contributed by atoms with Gasteiger partial charge in [-0.2, -0.15) is 0 Å². The fraction of sp³-hybridized carbons (Fsp3) is 0.984. The van der Waals surface area contributed by atoms with Crippen LogP contribution in [0.3, 0.4) is 0 Å². The Morgan fingerprint density at radius 2 is 0.679 bits per heavy atom. The van der Waals surface area contributed by atoms with E-state index in [0.717, 1.165) is 44.9 Å². The Kier molecular flexibility index (Phi) is 48.4.